The number of fused-ring (bicyclic) bond motifs is 1. The van der Waals surface area contributed by atoms with Gasteiger partial charge in [0.15, 0.2) is 10.1 Å². The molecule has 0 aliphatic heterocycles. The first kappa shape index (κ1) is 14.3. The molecule has 2 aromatic rings. The van der Waals surface area contributed by atoms with Crippen molar-refractivity contribution in [2.24, 2.45) is 0 Å². The highest BCUT2D eigenvalue weighted by molar-refractivity contribution is 7.15. The van der Waals surface area contributed by atoms with E-state index < -0.39 is 0 Å². The van der Waals surface area contributed by atoms with Crippen molar-refractivity contribution < 1.29 is 4.79 Å². The number of halogens is 1. The number of carbonyl (C=O) groups excluding carboxylic acids is 1. The Bertz CT molecular complexity index is 725. The van der Waals surface area contributed by atoms with E-state index in [2.05, 4.69) is 9.88 Å². The first-order chi connectivity index (χ1) is 10.7. The molecule has 6 heteroatoms. The molecule has 0 N–H and O–H groups in total. The topological polar surface area (TPSA) is 37.6 Å². The first-order valence-electron chi connectivity index (χ1n) is 7.85. The number of aromatic nitrogens is 2. The van der Waals surface area contributed by atoms with Crippen molar-refractivity contribution >= 4 is 39.9 Å². The summed E-state index contributed by atoms with van der Waals surface area (Å²) in [6.45, 7) is 0. The molecule has 0 saturated heterocycles. The number of carbonyl (C=O) groups is 1. The van der Waals surface area contributed by atoms with Gasteiger partial charge in [-0.05, 0) is 31.8 Å². The van der Waals surface area contributed by atoms with Crippen molar-refractivity contribution in [3.63, 3.8) is 0 Å². The molecular formula is C16H18ClN3OS. The molecule has 2 aromatic heterocycles. The standard InChI is InChI=1S/C16H18ClN3OS/c17-15-13(19-9-10-22-16(19)18-15)7-8-14(21)20(12-5-6-12)11-3-1-2-4-11/h7-12H,1-6H2/b8-7+. The quantitative estimate of drug-likeness (QED) is 0.792. The van der Waals surface area contributed by atoms with Gasteiger partial charge in [0.1, 0.15) is 0 Å². The zero-order valence-electron chi connectivity index (χ0n) is 12.2. The van der Waals surface area contributed by atoms with Crippen LogP contribution in [0.4, 0.5) is 0 Å². The van der Waals surface area contributed by atoms with Crippen molar-refractivity contribution in [3.05, 3.63) is 28.5 Å². The van der Waals surface area contributed by atoms with Crippen molar-refractivity contribution in [1.29, 1.82) is 0 Å². The van der Waals surface area contributed by atoms with Gasteiger partial charge in [0.25, 0.3) is 0 Å². The van der Waals surface area contributed by atoms with E-state index in [9.17, 15) is 4.79 Å². The van der Waals surface area contributed by atoms with Crippen molar-refractivity contribution in [3.8, 4) is 0 Å². The maximum absolute atomic E-state index is 12.7. The van der Waals surface area contributed by atoms with Crippen molar-refractivity contribution in [2.45, 2.75) is 50.6 Å². The normalized spacial score (nSPS) is 19.5. The molecule has 0 bridgehead atoms. The molecule has 0 spiro atoms. The molecule has 2 saturated carbocycles. The number of thiazole rings is 1. The Morgan fingerprint density at radius 1 is 1.32 bits per heavy atom. The third-order valence-electron chi connectivity index (χ3n) is 4.55. The summed E-state index contributed by atoms with van der Waals surface area (Å²) in [6, 6.07) is 0.897. The molecular weight excluding hydrogens is 318 g/mol. The second-order valence-electron chi connectivity index (χ2n) is 6.09. The molecule has 1 amide bonds. The minimum Gasteiger partial charge on any atom is -0.333 e. The second kappa shape index (κ2) is 5.70. The van der Waals surface area contributed by atoms with Gasteiger partial charge in [0.05, 0.1) is 5.69 Å². The third kappa shape index (κ3) is 2.57. The van der Waals surface area contributed by atoms with Crippen LogP contribution in [0.5, 0.6) is 0 Å². The first-order valence-corrected chi connectivity index (χ1v) is 9.11. The fourth-order valence-corrected chi connectivity index (χ4v) is 4.36. The van der Waals surface area contributed by atoms with E-state index in [1.54, 1.807) is 6.08 Å². The average Bonchev–Trinajstić information content (AvgIpc) is 2.88. The lowest BCUT2D eigenvalue weighted by Gasteiger charge is -2.27. The maximum atomic E-state index is 12.7. The van der Waals surface area contributed by atoms with Crippen LogP contribution in [0.2, 0.25) is 5.15 Å². The van der Waals surface area contributed by atoms with Gasteiger partial charge in [-0.25, -0.2) is 4.98 Å². The van der Waals surface area contributed by atoms with Gasteiger partial charge in [-0.15, -0.1) is 11.3 Å². The largest absolute Gasteiger partial charge is 0.333 e. The van der Waals surface area contributed by atoms with E-state index in [1.165, 1.54) is 24.2 Å². The van der Waals surface area contributed by atoms with Gasteiger partial charge < -0.3 is 4.90 Å². The van der Waals surface area contributed by atoms with Crippen LogP contribution in [-0.4, -0.2) is 32.3 Å². The van der Waals surface area contributed by atoms with E-state index in [0.717, 1.165) is 36.3 Å². The lowest BCUT2D eigenvalue weighted by molar-refractivity contribution is -0.128. The average molecular weight is 336 g/mol. The number of hydrogen-bond donors (Lipinski definition) is 0. The molecule has 22 heavy (non-hydrogen) atoms. The van der Waals surface area contributed by atoms with Gasteiger partial charge in [-0.2, -0.15) is 0 Å². The molecule has 2 fully saturated rings. The van der Waals surface area contributed by atoms with E-state index in [4.69, 9.17) is 11.6 Å². The smallest absolute Gasteiger partial charge is 0.247 e. The highest BCUT2D eigenvalue weighted by Crippen LogP contribution is 2.34. The summed E-state index contributed by atoms with van der Waals surface area (Å²) in [7, 11) is 0. The van der Waals surface area contributed by atoms with E-state index >= 15 is 0 Å². The summed E-state index contributed by atoms with van der Waals surface area (Å²) in [5.41, 5.74) is 0.786. The highest BCUT2D eigenvalue weighted by atomic mass is 35.5. The number of hydrogen-bond acceptors (Lipinski definition) is 3. The summed E-state index contributed by atoms with van der Waals surface area (Å²) in [5.74, 6) is 0.121. The number of imidazole rings is 1. The van der Waals surface area contributed by atoms with Gasteiger partial charge in [-0.3, -0.25) is 9.20 Å². The molecule has 2 heterocycles. The fraction of sp³-hybridized carbons (Fsp3) is 0.500. The van der Waals surface area contributed by atoms with Crippen LogP contribution >= 0.6 is 22.9 Å². The van der Waals surface area contributed by atoms with Crippen molar-refractivity contribution in [1.82, 2.24) is 14.3 Å². The Labute approximate surface area is 138 Å². The summed E-state index contributed by atoms with van der Waals surface area (Å²) < 4.78 is 1.92. The Kier molecular flexibility index (Phi) is 3.70. The zero-order chi connectivity index (χ0) is 15.1. The Morgan fingerprint density at radius 3 is 2.77 bits per heavy atom. The van der Waals surface area contributed by atoms with Gasteiger partial charge in [0, 0.05) is 29.7 Å². The van der Waals surface area contributed by atoms with Gasteiger partial charge in [-0.1, -0.05) is 24.4 Å². The van der Waals surface area contributed by atoms with Crippen LogP contribution in [0.3, 0.4) is 0 Å². The summed E-state index contributed by atoms with van der Waals surface area (Å²) >= 11 is 7.71. The predicted molar refractivity (Wildman–Crippen MR) is 89.2 cm³/mol. The zero-order valence-corrected chi connectivity index (χ0v) is 13.8. The van der Waals surface area contributed by atoms with Crippen molar-refractivity contribution in [2.75, 3.05) is 0 Å². The third-order valence-corrected chi connectivity index (χ3v) is 5.59. The molecule has 2 aliphatic carbocycles. The predicted octanol–water partition coefficient (Wildman–Crippen LogP) is 4.00. The van der Waals surface area contributed by atoms with Crippen LogP contribution in [0.15, 0.2) is 17.7 Å². The Balaban J connectivity index is 1.57. The summed E-state index contributed by atoms with van der Waals surface area (Å²) in [5, 5.41) is 2.42. The van der Waals surface area contributed by atoms with E-state index in [1.807, 2.05) is 22.1 Å². The molecule has 4 rings (SSSR count). The monoisotopic (exact) mass is 335 g/mol. The van der Waals surface area contributed by atoms with Crippen LogP contribution in [-0.2, 0) is 4.79 Å². The summed E-state index contributed by atoms with van der Waals surface area (Å²) in [6.07, 6.45) is 12.5. The van der Waals surface area contributed by atoms with Crippen LogP contribution in [0.1, 0.15) is 44.2 Å². The lowest BCUT2D eigenvalue weighted by atomic mass is 10.2. The summed E-state index contributed by atoms with van der Waals surface area (Å²) in [4.78, 5) is 19.9. The Hall–Kier alpha value is -1.33. The van der Waals surface area contributed by atoms with E-state index in [-0.39, 0.29) is 5.91 Å². The van der Waals surface area contributed by atoms with Crippen LogP contribution in [0, 0.1) is 0 Å². The highest BCUT2D eigenvalue weighted by Gasteiger charge is 2.37. The lowest BCUT2D eigenvalue weighted by Crippen LogP contribution is -2.39. The SMILES string of the molecule is O=C(/C=C/c1c(Cl)nc2sccn12)N(C1CCCC1)C1CC1. The minimum atomic E-state index is 0.121. The van der Waals surface area contributed by atoms with Gasteiger partial charge >= 0.3 is 0 Å². The number of amides is 1. The molecule has 0 unspecified atom stereocenters. The molecule has 116 valence electrons. The Morgan fingerprint density at radius 2 is 2.05 bits per heavy atom. The molecule has 2 aliphatic rings. The van der Waals surface area contributed by atoms with Gasteiger partial charge in [0.2, 0.25) is 5.91 Å². The number of rotatable bonds is 4. The molecule has 0 atom stereocenters. The van der Waals surface area contributed by atoms with E-state index in [0.29, 0.717) is 17.2 Å². The second-order valence-corrected chi connectivity index (χ2v) is 7.32. The molecule has 4 nitrogen and oxygen atoms in total. The maximum Gasteiger partial charge on any atom is 0.247 e. The molecule has 0 radical (unpaired) electrons. The fourth-order valence-electron chi connectivity index (χ4n) is 3.36. The van der Waals surface area contributed by atoms with Crippen LogP contribution < -0.4 is 0 Å². The molecule has 0 aromatic carbocycles. The minimum absolute atomic E-state index is 0.121. The number of nitrogens with zero attached hydrogens (tertiary/aromatic N) is 3. The van der Waals surface area contributed by atoms with Crippen LogP contribution in [0.25, 0.3) is 11.0 Å².